The van der Waals surface area contributed by atoms with Crippen molar-refractivity contribution in [2.45, 2.75) is 37.8 Å². The van der Waals surface area contributed by atoms with Crippen molar-refractivity contribution in [3.63, 3.8) is 0 Å². The first-order chi connectivity index (χ1) is 8.15. The standard InChI is InChI=1S/C13H17FN2O/c14-10-4-1-3-9(7-10)8-13(17)16-12-6-2-5-11(12)15/h1,3-4,7,11-12H,2,5-6,8,15H2,(H,16,17). The number of carbonyl (C=O) groups is 1. The maximum Gasteiger partial charge on any atom is 0.224 e. The van der Waals surface area contributed by atoms with E-state index in [1.54, 1.807) is 12.1 Å². The summed E-state index contributed by atoms with van der Waals surface area (Å²) < 4.78 is 12.9. The summed E-state index contributed by atoms with van der Waals surface area (Å²) in [6.45, 7) is 0. The summed E-state index contributed by atoms with van der Waals surface area (Å²) in [6, 6.07) is 6.25. The molecular weight excluding hydrogens is 219 g/mol. The van der Waals surface area contributed by atoms with Gasteiger partial charge in [0.1, 0.15) is 5.82 Å². The van der Waals surface area contributed by atoms with E-state index in [0.717, 1.165) is 19.3 Å². The number of hydrogen-bond acceptors (Lipinski definition) is 2. The predicted octanol–water partition coefficient (Wildman–Crippen LogP) is 1.36. The normalized spacial score (nSPS) is 23.6. The summed E-state index contributed by atoms with van der Waals surface area (Å²) in [5.74, 6) is -0.397. The number of hydrogen-bond donors (Lipinski definition) is 2. The predicted molar refractivity (Wildman–Crippen MR) is 63.9 cm³/mol. The smallest absolute Gasteiger partial charge is 0.224 e. The first-order valence-corrected chi connectivity index (χ1v) is 5.94. The van der Waals surface area contributed by atoms with Gasteiger partial charge in [0.15, 0.2) is 0 Å². The highest BCUT2D eigenvalue weighted by Crippen LogP contribution is 2.17. The number of carbonyl (C=O) groups excluding carboxylic acids is 1. The molecule has 1 aliphatic rings. The van der Waals surface area contributed by atoms with Crippen molar-refractivity contribution in [1.82, 2.24) is 5.32 Å². The Bertz CT molecular complexity index is 408. The Morgan fingerprint density at radius 3 is 2.94 bits per heavy atom. The van der Waals surface area contributed by atoms with Gasteiger partial charge in [0.2, 0.25) is 5.91 Å². The second-order valence-electron chi connectivity index (χ2n) is 4.58. The molecule has 0 aromatic heterocycles. The molecule has 0 radical (unpaired) electrons. The lowest BCUT2D eigenvalue weighted by atomic mass is 10.1. The van der Waals surface area contributed by atoms with Crippen molar-refractivity contribution in [1.29, 1.82) is 0 Å². The molecule has 0 bridgehead atoms. The Kier molecular flexibility index (Phi) is 3.74. The van der Waals surface area contributed by atoms with E-state index in [-0.39, 0.29) is 30.2 Å². The number of nitrogens with one attached hydrogen (secondary N) is 1. The van der Waals surface area contributed by atoms with E-state index in [2.05, 4.69) is 5.32 Å². The molecule has 17 heavy (non-hydrogen) atoms. The van der Waals surface area contributed by atoms with E-state index < -0.39 is 0 Å². The number of amides is 1. The molecule has 1 fully saturated rings. The lowest BCUT2D eigenvalue weighted by Gasteiger charge is -2.17. The fraction of sp³-hybridized carbons (Fsp3) is 0.462. The average Bonchev–Trinajstić information content (AvgIpc) is 2.64. The SMILES string of the molecule is NC1CCCC1NC(=O)Cc1cccc(F)c1. The highest BCUT2D eigenvalue weighted by molar-refractivity contribution is 5.78. The van der Waals surface area contributed by atoms with Gasteiger partial charge in [-0.25, -0.2) is 4.39 Å². The van der Waals surface area contributed by atoms with E-state index >= 15 is 0 Å². The minimum atomic E-state index is -0.312. The second kappa shape index (κ2) is 5.27. The van der Waals surface area contributed by atoms with Crippen LogP contribution >= 0.6 is 0 Å². The molecule has 4 heteroatoms. The molecular formula is C13H17FN2O. The Labute approximate surface area is 100 Å². The third-order valence-electron chi connectivity index (χ3n) is 3.17. The van der Waals surface area contributed by atoms with Gasteiger partial charge in [-0.15, -0.1) is 0 Å². The largest absolute Gasteiger partial charge is 0.352 e. The molecule has 2 atom stereocenters. The molecule has 2 unspecified atom stereocenters. The third-order valence-corrected chi connectivity index (χ3v) is 3.17. The molecule has 1 aromatic rings. The maximum atomic E-state index is 12.9. The van der Waals surface area contributed by atoms with Gasteiger partial charge in [0.05, 0.1) is 6.42 Å². The Balaban J connectivity index is 1.89. The van der Waals surface area contributed by atoms with Crippen LogP contribution in [-0.2, 0) is 11.2 Å². The zero-order chi connectivity index (χ0) is 12.3. The van der Waals surface area contributed by atoms with Crippen LogP contribution in [0.4, 0.5) is 4.39 Å². The van der Waals surface area contributed by atoms with Gasteiger partial charge in [0, 0.05) is 12.1 Å². The van der Waals surface area contributed by atoms with E-state index in [4.69, 9.17) is 5.73 Å². The molecule has 1 amide bonds. The van der Waals surface area contributed by atoms with Crippen LogP contribution in [-0.4, -0.2) is 18.0 Å². The van der Waals surface area contributed by atoms with E-state index in [9.17, 15) is 9.18 Å². The summed E-state index contributed by atoms with van der Waals surface area (Å²) in [7, 11) is 0. The maximum absolute atomic E-state index is 12.9. The molecule has 0 aliphatic heterocycles. The first kappa shape index (κ1) is 12.0. The van der Waals surface area contributed by atoms with E-state index in [0.29, 0.717) is 5.56 Å². The molecule has 1 aromatic carbocycles. The zero-order valence-electron chi connectivity index (χ0n) is 9.66. The van der Waals surface area contributed by atoms with Crippen LogP contribution in [0.1, 0.15) is 24.8 Å². The monoisotopic (exact) mass is 236 g/mol. The van der Waals surface area contributed by atoms with Gasteiger partial charge in [0.25, 0.3) is 0 Å². The van der Waals surface area contributed by atoms with Crippen molar-refractivity contribution in [3.05, 3.63) is 35.6 Å². The van der Waals surface area contributed by atoms with Crippen molar-refractivity contribution in [2.24, 2.45) is 5.73 Å². The second-order valence-corrected chi connectivity index (χ2v) is 4.58. The highest BCUT2D eigenvalue weighted by Gasteiger charge is 2.25. The van der Waals surface area contributed by atoms with Crippen molar-refractivity contribution in [2.75, 3.05) is 0 Å². The van der Waals surface area contributed by atoms with Crippen LogP contribution in [0.3, 0.4) is 0 Å². The molecule has 92 valence electrons. The van der Waals surface area contributed by atoms with Crippen LogP contribution in [0.25, 0.3) is 0 Å². The summed E-state index contributed by atoms with van der Waals surface area (Å²) in [4.78, 5) is 11.7. The van der Waals surface area contributed by atoms with Crippen molar-refractivity contribution >= 4 is 5.91 Å². The molecule has 0 heterocycles. The van der Waals surface area contributed by atoms with Crippen LogP contribution in [0.15, 0.2) is 24.3 Å². The number of nitrogens with two attached hydrogens (primary N) is 1. The Hall–Kier alpha value is -1.42. The van der Waals surface area contributed by atoms with E-state index in [1.165, 1.54) is 12.1 Å². The van der Waals surface area contributed by atoms with Crippen LogP contribution in [0.5, 0.6) is 0 Å². The number of benzene rings is 1. The van der Waals surface area contributed by atoms with Gasteiger partial charge >= 0.3 is 0 Å². The van der Waals surface area contributed by atoms with Crippen molar-refractivity contribution in [3.8, 4) is 0 Å². The van der Waals surface area contributed by atoms with Gasteiger partial charge in [-0.1, -0.05) is 12.1 Å². The van der Waals surface area contributed by atoms with Crippen LogP contribution in [0.2, 0.25) is 0 Å². The third kappa shape index (κ3) is 3.27. The summed E-state index contributed by atoms with van der Waals surface area (Å²) in [5.41, 5.74) is 6.56. The summed E-state index contributed by atoms with van der Waals surface area (Å²) >= 11 is 0. The van der Waals surface area contributed by atoms with Crippen LogP contribution < -0.4 is 11.1 Å². The average molecular weight is 236 g/mol. The zero-order valence-corrected chi connectivity index (χ0v) is 9.66. The molecule has 0 spiro atoms. The van der Waals surface area contributed by atoms with Gasteiger partial charge in [-0.3, -0.25) is 4.79 Å². The molecule has 2 rings (SSSR count). The van der Waals surface area contributed by atoms with E-state index in [1.807, 2.05) is 0 Å². The Morgan fingerprint density at radius 2 is 2.29 bits per heavy atom. The Morgan fingerprint density at radius 1 is 1.47 bits per heavy atom. The van der Waals surface area contributed by atoms with Crippen molar-refractivity contribution < 1.29 is 9.18 Å². The number of halogens is 1. The minimum Gasteiger partial charge on any atom is -0.352 e. The minimum absolute atomic E-state index is 0.0615. The van der Waals surface area contributed by atoms with Gasteiger partial charge in [-0.05, 0) is 37.0 Å². The molecule has 1 saturated carbocycles. The lowest BCUT2D eigenvalue weighted by Crippen LogP contribution is -2.44. The topological polar surface area (TPSA) is 55.1 Å². The molecule has 3 N–H and O–H groups in total. The lowest BCUT2D eigenvalue weighted by molar-refractivity contribution is -0.121. The van der Waals surface area contributed by atoms with Gasteiger partial charge < -0.3 is 11.1 Å². The first-order valence-electron chi connectivity index (χ1n) is 5.94. The number of rotatable bonds is 3. The van der Waals surface area contributed by atoms with Crippen LogP contribution in [0, 0.1) is 5.82 Å². The fourth-order valence-electron chi connectivity index (χ4n) is 2.26. The van der Waals surface area contributed by atoms with Gasteiger partial charge in [-0.2, -0.15) is 0 Å². The molecule has 1 aliphatic carbocycles. The molecule has 3 nitrogen and oxygen atoms in total. The molecule has 0 saturated heterocycles. The summed E-state index contributed by atoms with van der Waals surface area (Å²) in [6.07, 6.45) is 3.17. The quantitative estimate of drug-likeness (QED) is 0.832. The summed E-state index contributed by atoms with van der Waals surface area (Å²) in [5, 5.41) is 2.91. The fourth-order valence-corrected chi connectivity index (χ4v) is 2.26. The highest BCUT2D eigenvalue weighted by atomic mass is 19.1.